The number of aryl methyl sites for hydroxylation is 1. The molecular formula is C29H45N5. The van der Waals surface area contributed by atoms with E-state index in [4.69, 9.17) is 15.1 Å². The Kier molecular flexibility index (Phi) is 10.0. The maximum absolute atomic E-state index is 5.00. The number of aromatic nitrogens is 4. The summed E-state index contributed by atoms with van der Waals surface area (Å²) < 4.78 is 2.02. The average molecular weight is 464 g/mol. The first kappa shape index (κ1) is 24.9. The second-order valence-corrected chi connectivity index (χ2v) is 10.2. The molecule has 0 amide bonds. The van der Waals surface area contributed by atoms with E-state index in [0.29, 0.717) is 0 Å². The minimum absolute atomic E-state index is 0.965. The van der Waals surface area contributed by atoms with Gasteiger partial charge in [-0.05, 0) is 37.8 Å². The molecule has 0 radical (unpaired) electrons. The van der Waals surface area contributed by atoms with Gasteiger partial charge < -0.3 is 4.90 Å². The predicted octanol–water partition coefficient (Wildman–Crippen LogP) is 7.90. The Morgan fingerprint density at radius 2 is 1.32 bits per heavy atom. The number of nitrogens with zero attached hydrogens (tertiary/aromatic N) is 5. The van der Waals surface area contributed by atoms with Crippen molar-refractivity contribution in [3.05, 3.63) is 30.1 Å². The van der Waals surface area contributed by atoms with Crippen molar-refractivity contribution in [1.82, 2.24) is 19.6 Å². The molecule has 1 fully saturated rings. The maximum Gasteiger partial charge on any atom is 0.229 e. The van der Waals surface area contributed by atoms with Crippen LogP contribution in [0.5, 0.6) is 0 Å². The monoisotopic (exact) mass is 463 g/mol. The maximum atomic E-state index is 5.00. The van der Waals surface area contributed by atoms with Gasteiger partial charge in [-0.2, -0.15) is 4.52 Å². The van der Waals surface area contributed by atoms with Crippen molar-refractivity contribution < 1.29 is 0 Å². The lowest BCUT2D eigenvalue weighted by atomic mass is 10.0. The average Bonchev–Trinajstić information content (AvgIpc) is 3.31. The fourth-order valence-corrected chi connectivity index (χ4v) is 5.29. The van der Waals surface area contributed by atoms with E-state index in [0.717, 1.165) is 47.8 Å². The molecule has 2 aromatic heterocycles. The molecule has 1 aliphatic rings. The van der Waals surface area contributed by atoms with Gasteiger partial charge in [-0.25, -0.2) is 9.97 Å². The fourth-order valence-electron chi connectivity index (χ4n) is 5.29. The van der Waals surface area contributed by atoms with Gasteiger partial charge in [0.1, 0.15) is 0 Å². The minimum atomic E-state index is 0.965. The zero-order valence-corrected chi connectivity index (χ0v) is 21.5. The highest BCUT2D eigenvalue weighted by Crippen LogP contribution is 2.25. The lowest BCUT2D eigenvalue weighted by Crippen LogP contribution is -2.32. The summed E-state index contributed by atoms with van der Waals surface area (Å²) in [4.78, 5) is 12.4. The first-order chi connectivity index (χ1) is 16.9. The smallest absolute Gasteiger partial charge is 0.229 e. The molecule has 186 valence electrons. The van der Waals surface area contributed by atoms with Gasteiger partial charge in [0.25, 0.3) is 0 Å². The number of rotatable bonds is 15. The zero-order chi connectivity index (χ0) is 23.4. The van der Waals surface area contributed by atoms with Crippen LogP contribution < -0.4 is 4.90 Å². The van der Waals surface area contributed by atoms with Crippen LogP contribution in [0.3, 0.4) is 0 Å². The van der Waals surface area contributed by atoms with E-state index in [1.165, 1.54) is 103 Å². The molecule has 0 N–H and O–H groups in total. The normalized spacial score (nSPS) is 14.4. The van der Waals surface area contributed by atoms with E-state index in [2.05, 4.69) is 36.1 Å². The molecule has 0 saturated carbocycles. The van der Waals surface area contributed by atoms with E-state index >= 15 is 0 Å². The fraction of sp³-hybridized carbons (Fsp3) is 0.690. The van der Waals surface area contributed by atoms with Gasteiger partial charge in [0.05, 0.1) is 5.52 Å². The van der Waals surface area contributed by atoms with Gasteiger partial charge >= 0.3 is 0 Å². The molecular weight excluding hydrogens is 418 g/mol. The molecule has 34 heavy (non-hydrogen) atoms. The minimum Gasteiger partial charge on any atom is -0.341 e. The largest absolute Gasteiger partial charge is 0.341 e. The molecule has 3 heterocycles. The van der Waals surface area contributed by atoms with Crippen LogP contribution >= 0.6 is 0 Å². The number of hydrogen-bond donors (Lipinski definition) is 0. The third-order valence-electron chi connectivity index (χ3n) is 7.35. The van der Waals surface area contributed by atoms with Crippen molar-refractivity contribution in [1.29, 1.82) is 0 Å². The first-order valence-electron chi connectivity index (χ1n) is 14.3. The summed E-state index contributed by atoms with van der Waals surface area (Å²) in [6.07, 6.45) is 22.7. The molecule has 0 spiro atoms. The number of hydrogen-bond acceptors (Lipinski definition) is 4. The van der Waals surface area contributed by atoms with Crippen molar-refractivity contribution in [3.63, 3.8) is 0 Å². The SMILES string of the molecule is CCCCCCCCCCCCCCCc1nc2c3ccccc3nc(N3CCCCC3)n2n1. The highest BCUT2D eigenvalue weighted by Gasteiger charge is 2.19. The first-order valence-corrected chi connectivity index (χ1v) is 14.3. The van der Waals surface area contributed by atoms with Gasteiger partial charge in [-0.3, -0.25) is 0 Å². The van der Waals surface area contributed by atoms with E-state index in [9.17, 15) is 0 Å². The Balaban J connectivity index is 1.23. The van der Waals surface area contributed by atoms with Crippen LogP contribution in [0, 0.1) is 0 Å². The van der Waals surface area contributed by atoms with Crippen LogP contribution in [-0.4, -0.2) is 32.7 Å². The zero-order valence-electron chi connectivity index (χ0n) is 21.5. The molecule has 4 rings (SSSR count). The molecule has 3 aromatic rings. The quantitative estimate of drug-likeness (QED) is 0.215. The van der Waals surface area contributed by atoms with Crippen LogP contribution in [0.4, 0.5) is 5.95 Å². The number of para-hydroxylation sites is 1. The van der Waals surface area contributed by atoms with Gasteiger partial charge in [-0.1, -0.05) is 96.1 Å². The molecule has 0 aliphatic carbocycles. The van der Waals surface area contributed by atoms with Gasteiger partial charge in [0, 0.05) is 24.9 Å². The highest BCUT2D eigenvalue weighted by molar-refractivity contribution is 5.92. The van der Waals surface area contributed by atoms with Crippen LogP contribution in [0.1, 0.15) is 115 Å². The van der Waals surface area contributed by atoms with Crippen molar-refractivity contribution >= 4 is 22.5 Å². The van der Waals surface area contributed by atoms with Crippen LogP contribution in [0.2, 0.25) is 0 Å². The number of anilines is 1. The molecule has 0 atom stereocenters. The summed E-state index contributed by atoms with van der Waals surface area (Å²) in [5.41, 5.74) is 1.99. The van der Waals surface area contributed by atoms with Crippen molar-refractivity contribution in [3.8, 4) is 0 Å². The summed E-state index contributed by atoms with van der Waals surface area (Å²) in [5, 5.41) is 6.04. The van der Waals surface area contributed by atoms with E-state index in [1.54, 1.807) is 0 Å². The van der Waals surface area contributed by atoms with E-state index < -0.39 is 0 Å². The summed E-state index contributed by atoms with van der Waals surface area (Å²) in [7, 11) is 0. The molecule has 1 saturated heterocycles. The summed E-state index contributed by atoms with van der Waals surface area (Å²) in [6, 6.07) is 8.37. The molecule has 1 aromatic carbocycles. The number of fused-ring (bicyclic) bond motifs is 3. The number of benzene rings is 1. The second kappa shape index (κ2) is 13.7. The molecule has 0 unspecified atom stereocenters. The van der Waals surface area contributed by atoms with Crippen molar-refractivity contribution in [2.75, 3.05) is 18.0 Å². The van der Waals surface area contributed by atoms with Gasteiger partial charge in [0.2, 0.25) is 5.95 Å². The van der Waals surface area contributed by atoms with Crippen LogP contribution in [0.25, 0.3) is 16.6 Å². The Bertz CT molecular complexity index is 989. The predicted molar refractivity (Wildman–Crippen MR) is 144 cm³/mol. The third-order valence-corrected chi connectivity index (χ3v) is 7.35. The highest BCUT2D eigenvalue weighted by atomic mass is 15.4. The number of piperidine rings is 1. The van der Waals surface area contributed by atoms with E-state index in [-0.39, 0.29) is 0 Å². The molecule has 1 aliphatic heterocycles. The molecule has 5 heteroatoms. The lowest BCUT2D eigenvalue weighted by molar-refractivity contribution is 0.538. The third kappa shape index (κ3) is 6.93. The summed E-state index contributed by atoms with van der Waals surface area (Å²) in [5.74, 6) is 1.94. The van der Waals surface area contributed by atoms with Crippen LogP contribution in [-0.2, 0) is 6.42 Å². The van der Waals surface area contributed by atoms with Crippen LogP contribution in [0.15, 0.2) is 24.3 Å². The van der Waals surface area contributed by atoms with Gasteiger partial charge in [0.15, 0.2) is 11.5 Å². The second-order valence-electron chi connectivity index (χ2n) is 10.2. The summed E-state index contributed by atoms with van der Waals surface area (Å²) >= 11 is 0. The molecule has 5 nitrogen and oxygen atoms in total. The Morgan fingerprint density at radius 1 is 0.706 bits per heavy atom. The van der Waals surface area contributed by atoms with Gasteiger partial charge in [-0.15, -0.1) is 5.10 Å². The Labute approximate surface area is 206 Å². The topological polar surface area (TPSA) is 46.3 Å². The standard InChI is InChI=1S/C29H45N5/c1-2-3-4-5-6-7-8-9-10-11-12-13-15-22-27-31-28-25-20-16-17-21-26(25)30-29(34(28)32-27)33-23-18-14-19-24-33/h16-17,20-21H,2-15,18-19,22-24H2,1H3. The van der Waals surface area contributed by atoms with Crippen molar-refractivity contribution in [2.24, 2.45) is 0 Å². The van der Waals surface area contributed by atoms with Crippen molar-refractivity contribution in [2.45, 2.75) is 116 Å². The Hall–Kier alpha value is -2.17. The Morgan fingerprint density at radius 3 is 2.00 bits per heavy atom. The number of unbranched alkanes of at least 4 members (excludes halogenated alkanes) is 12. The van der Waals surface area contributed by atoms with E-state index in [1.807, 2.05) is 4.52 Å². The summed E-state index contributed by atoms with van der Waals surface area (Å²) in [6.45, 7) is 4.42. The molecule has 0 bridgehead atoms. The lowest BCUT2D eigenvalue weighted by Gasteiger charge is -2.27.